The second kappa shape index (κ2) is 11.8. The van der Waals surface area contributed by atoms with E-state index in [4.69, 9.17) is 15.0 Å². The summed E-state index contributed by atoms with van der Waals surface area (Å²) in [5, 5.41) is 9.73. The van der Waals surface area contributed by atoms with E-state index in [0.29, 0.717) is 0 Å². The summed E-state index contributed by atoms with van der Waals surface area (Å²) in [4.78, 5) is 15.9. The van der Waals surface area contributed by atoms with E-state index in [9.17, 15) is 0 Å². The van der Waals surface area contributed by atoms with E-state index < -0.39 is 0 Å². The number of nitrogens with one attached hydrogen (secondary N) is 1. The van der Waals surface area contributed by atoms with Gasteiger partial charge in [-0.25, -0.2) is 15.0 Å². The molecule has 2 aliphatic rings. The van der Waals surface area contributed by atoms with Crippen LogP contribution in [0.3, 0.4) is 0 Å². The third kappa shape index (κ3) is 4.65. The van der Waals surface area contributed by atoms with Crippen LogP contribution in [0.1, 0.15) is 47.8 Å². The van der Waals surface area contributed by atoms with E-state index in [1.165, 1.54) is 47.8 Å². The monoisotopic (exact) mass is 710 g/mol. The Balaban J connectivity index is 1.13. The summed E-state index contributed by atoms with van der Waals surface area (Å²) in [7, 11) is 0. The molecule has 7 aromatic carbocycles. The zero-order chi connectivity index (χ0) is 36.0. The molecule has 9 aromatic rings. The zero-order valence-electron chi connectivity index (χ0n) is 29.8. The molecule has 0 fully saturated rings. The van der Waals surface area contributed by atoms with Gasteiger partial charge in [0.2, 0.25) is 0 Å². The lowest BCUT2D eigenvalue weighted by Gasteiger charge is -2.25. The molecule has 1 atom stereocenters. The Morgan fingerprint density at radius 3 is 2.11 bits per heavy atom. The van der Waals surface area contributed by atoms with Crippen molar-refractivity contribution in [2.24, 2.45) is 9.98 Å². The van der Waals surface area contributed by atoms with Gasteiger partial charge in [-0.15, -0.1) is 11.3 Å². The van der Waals surface area contributed by atoms with Crippen LogP contribution in [0.4, 0.5) is 0 Å². The fourth-order valence-corrected chi connectivity index (χ4v) is 10.0. The van der Waals surface area contributed by atoms with Crippen molar-refractivity contribution < 1.29 is 0 Å². The maximum Gasteiger partial charge on any atom is 0.160 e. The number of rotatable bonds is 4. The Morgan fingerprint density at radius 2 is 1.24 bits per heavy atom. The van der Waals surface area contributed by atoms with Crippen LogP contribution in [0.5, 0.6) is 0 Å². The van der Waals surface area contributed by atoms with Gasteiger partial charge in [0.15, 0.2) is 5.84 Å². The molecule has 256 valence electrons. The lowest BCUT2D eigenvalue weighted by Crippen LogP contribution is -2.33. The van der Waals surface area contributed by atoms with Gasteiger partial charge < -0.3 is 5.32 Å². The standard InChI is InChI=1S/C49H34N4S/c1-49(2)39-22-11-9-18-32(39)38-28-31(24-27-40(38)49)47-51-46(30-16-7-4-8-17-30)52-48(53-47)37-21-13-20-33-34-25-26-36-42(45(34)54-44(33)37)35-19-10-12-23-41(35)50-43(36)29-14-5-3-6-15-29/h3-28,46H,1-2H3,(H,51,52,53). The molecule has 2 aromatic heterocycles. The molecule has 0 spiro atoms. The second-order valence-electron chi connectivity index (χ2n) is 14.8. The summed E-state index contributed by atoms with van der Waals surface area (Å²) < 4.78 is 2.44. The molecule has 5 heteroatoms. The van der Waals surface area contributed by atoms with Gasteiger partial charge in [0, 0.05) is 58.4 Å². The molecule has 0 radical (unpaired) electrons. The van der Waals surface area contributed by atoms with E-state index in [1.807, 2.05) is 11.3 Å². The summed E-state index contributed by atoms with van der Waals surface area (Å²) in [6.45, 7) is 4.64. The van der Waals surface area contributed by atoms with E-state index in [0.717, 1.165) is 55.9 Å². The summed E-state index contributed by atoms with van der Waals surface area (Å²) in [6, 6.07) is 56.3. The van der Waals surface area contributed by atoms with Crippen molar-refractivity contribution in [3.05, 3.63) is 186 Å². The molecule has 11 rings (SSSR count). The fraction of sp³-hybridized carbons (Fsp3) is 0.0816. The molecule has 3 heterocycles. The number of aliphatic imine (C=N–C) groups is 2. The molecule has 0 saturated carbocycles. The van der Waals surface area contributed by atoms with Crippen molar-refractivity contribution in [1.82, 2.24) is 10.3 Å². The third-order valence-corrected chi connectivity index (χ3v) is 12.6. The average molecular weight is 711 g/mol. The van der Waals surface area contributed by atoms with Crippen LogP contribution in [0.25, 0.3) is 64.2 Å². The van der Waals surface area contributed by atoms with Crippen molar-refractivity contribution in [3.63, 3.8) is 0 Å². The third-order valence-electron chi connectivity index (χ3n) is 11.3. The van der Waals surface area contributed by atoms with Crippen LogP contribution in [0.15, 0.2) is 168 Å². The maximum absolute atomic E-state index is 5.35. The van der Waals surface area contributed by atoms with Crippen molar-refractivity contribution in [2.45, 2.75) is 25.4 Å². The predicted octanol–water partition coefficient (Wildman–Crippen LogP) is 12.2. The Labute approximate surface area is 317 Å². The van der Waals surface area contributed by atoms with Gasteiger partial charge in [0.05, 0.1) is 11.2 Å². The van der Waals surface area contributed by atoms with Gasteiger partial charge in [0.25, 0.3) is 0 Å². The molecule has 54 heavy (non-hydrogen) atoms. The van der Waals surface area contributed by atoms with Crippen molar-refractivity contribution in [2.75, 3.05) is 0 Å². The van der Waals surface area contributed by atoms with Gasteiger partial charge in [-0.05, 0) is 46.0 Å². The molecule has 1 aliphatic heterocycles. The Morgan fingerprint density at radius 1 is 0.556 bits per heavy atom. The number of benzene rings is 7. The lowest BCUT2D eigenvalue weighted by molar-refractivity contribution is 0.660. The van der Waals surface area contributed by atoms with E-state index in [-0.39, 0.29) is 11.6 Å². The van der Waals surface area contributed by atoms with Crippen LogP contribution < -0.4 is 5.32 Å². The average Bonchev–Trinajstić information content (AvgIpc) is 3.73. The van der Waals surface area contributed by atoms with Crippen LogP contribution >= 0.6 is 11.3 Å². The Hall–Kier alpha value is -6.43. The normalized spacial score (nSPS) is 15.9. The molecule has 0 amide bonds. The highest BCUT2D eigenvalue weighted by Gasteiger charge is 2.35. The molecule has 0 bridgehead atoms. The summed E-state index contributed by atoms with van der Waals surface area (Å²) in [6.07, 6.45) is -0.292. The Bertz CT molecular complexity index is 3050. The maximum atomic E-state index is 5.35. The van der Waals surface area contributed by atoms with Crippen LogP contribution in [0, 0.1) is 0 Å². The first-order chi connectivity index (χ1) is 26.5. The van der Waals surface area contributed by atoms with Gasteiger partial charge in [-0.1, -0.05) is 153 Å². The van der Waals surface area contributed by atoms with Crippen LogP contribution in [-0.2, 0) is 5.41 Å². The van der Waals surface area contributed by atoms with Crippen molar-refractivity contribution >= 4 is 64.9 Å². The number of para-hydroxylation sites is 1. The molecule has 1 N–H and O–H groups in total. The number of fused-ring (bicyclic) bond motifs is 10. The van der Waals surface area contributed by atoms with E-state index >= 15 is 0 Å². The minimum atomic E-state index is -0.292. The van der Waals surface area contributed by atoms with Crippen LogP contribution in [0.2, 0.25) is 0 Å². The fourth-order valence-electron chi connectivity index (χ4n) is 8.67. The minimum Gasteiger partial charge on any atom is -0.344 e. The molecule has 1 unspecified atom stereocenters. The topological polar surface area (TPSA) is 49.6 Å². The first-order valence-electron chi connectivity index (χ1n) is 18.5. The second-order valence-corrected chi connectivity index (χ2v) is 15.8. The lowest BCUT2D eigenvalue weighted by atomic mass is 9.82. The summed E-state index contributed by atoms with van der Waals surface area (Å²) in [5.41, 5.74) is 11.5. The van der Waals surface area contributed by atoms with Gasteiger partial charge in [-0.3, -0.25) is 0 Å². The molecular weight excluding hydrogens is 677 g/mol. The van der Waals surface area contributed by atoms with E-state index in [2.05, 4.69) is 177 Å². The van der Waals surface area contributed by atoms with Gasteiger partial charge in [0.1, 0.15) is 12.0 Å². The van der Waals surface area contributed by atoms with E-state index in [1.54, 1.807) is 0 Å². The Kier molecular flexibility index (Phi) is 6.80. The summed E-state index contributed by atoms with van der Waals surface area (Å²) >= 11 is 1.83. The summed E-state index contributed by atoms with van der Waals surface area (Å²) in [5.74, 6) is 1.56. The smallest absolute Gasteiger partial charge is 0.160 e. The number of hydrogen-bond acceptors (Lipinski definition) is 5. The number of amidine groups is 2. The van der Waals surface area contributed by atoms with Crippen molar-refractivity contribution in [1.29, 1.82) is 0 Å². The highest BCUT2D eigenvalue weighted by molar-refractivity contribution is 7.27. The number of nitrogens with zero attached hydrogens (tertiary/aromatic N) is 3. The molecular formula is C49H34N4S. The highest BCUT2D eigenvalue weighted by atomic mass is 32.1. The van der Waals surface area contributed by atoms with Gasteiger partial charge >= 0.3 is 0 Å². The molecule has 4 nitrogen and oxygen atoms in total. The minimum absolute atomic E-state index is 0.0598. The zero-order valence-corrected chi connectivity index (χ0v) is 30.7. The van der Waals surface area contributed by atoms with Gasteiger partial charge in [-0.2, -0.15) is 0 Å². The van der Waals surface area contributed by atoms with Crippen LogP contribution in [-0.4, -0.2) is 16.7 Å². The highest BCUT2D eigenvalue weighted by Crippen LogP contribution is 2.49. The predicted molar refractivity (Wildman–Crippen MR) is 227 cm³/mol. The first-order valence-corrected chi connectivity index (χ1v) is 19.3. The SMILES string of the molecule is CC1(C)c2ccccc2-c2cc(C3=NC(c4cccc5c4sc4c5ccc5c(-c6ccccc6)nc6ccccc6c54)=NC(c4ccccc4)N3)ccc21. The number of hydrogen-bond donors (Lipinski definition) is 1. The number of pyridine rings is 1. The molecule has 1 aliphatic carbocycles. The largest absolute Gasteiger partial charge is 0.344 e. The molecule has 0 saturated heterocycles. The van der Waals surface area contributed by atoms with Crippen molar-refractivity contribution in [3.8, 4) is 22.4 Å². The number of aromatic nitrogens is 1. The number of thiophene rings is 1. The quantitative estimate of drug-likeness (QED) is 0.185. The first kappa shape index (κ1) is 31.1.